The lowest BCUT2D eigenvalue weighted by atomic mass is 9.94. The molecule has 3 amide bonds. The largest absolute Gasteiger partial charge is 0.479 e. The molecule has 1 aliphatic rings. The normalized spacial score (nSPS) is 13.6. The van der Waals surface area contributed by atoms with Gasteiger partial charge in [-0.05, 0) is 65.9 Å². The number of hydrogen-bond donors (Lipinski definition) is 4. The van der Waals surface area contributed by atoms with Gasteiger partial charge in [0.25, 0.3) is 5.91 Å². The second-order valence-electron chi connectivity index (χ2n) is 10.1. The summed E-state index contributed by atoms with van der Waals surface area (Å²) in [5, 5.41) is 20.3. The van der Waals surface area contributed by atoms with E-state index in [0.29, 0.717) is 5.69 Å². The Hall–Kier alpha value is -4.65. The molecule has 5 rings (SSSR count). The molecule has 0 atom stereocenters. The summed E-state index contributed by atoms with van der Waals surface area (Å²) in [6, 6.07) is 21.9. The van der Waals surface area contributed by atoms with E-state index < -0.39 is 23.4 Å². The highest BCUT2D eigenvalue weighted by Crippen LogP contribution is 2.32. The quantitative estimate of drug-likeness (QED) is 0.275. The average molecular weight is 508 g/mol. The zero-order valence-corrected chi connectivity index (χ0v) is 21.5. The summed E-state index contributed by atoms with van der Waals surface area (Å²) in [6.45, 7) is 5.85. The molecule has 0 fully saturated rings. The van der Waals surface area contributed by atoms with Crippen LogP contribution in [0.15, 0.2) is 72.8 Å². The van der Waals surface area contributed by atoms with Gasteiger partial charge in [0.15, 0.2) is 0 Å². The lowest BCUT2D eigenvalue weighted by molar-refractivity contribution is -0.144. The minimum absolute atomic E-state index is 0.188. The number of carbonyl (C=O) groups excluding carboxylic acids is 2. The van der Waals surface area contributed by atoms with Crippen molar-refractivity contribution in [2.45, 2.75) is 39.2 Å². The number of fused-ring (bicyclic) bond motifs is 2. The highest BCUT2D eigenvalue weighted by molar-refractivity contribution is 6.11. The molecule has 0 aliphatic heterocycles. The molecule has 0 heterocycles. The van der Waals surface area contributed by atoms with E-state index in [9.17, 15) is 19.5 Å². The molecule has 7 nitrogen and oxygen atoms in total. The van der Waals surface area contributed by atoms with Gasteiger partial charge >= 0.3 is 12.0 Å². The maximum Gasteiger partial charge on any atom is 0.330 e. The van der Waals surface area contributed by atoms with E-state index in [4.69, 9.17) is 0 Å². The summed E-state index contributed by atoms with van der Waals surface area (Å²) in [7, 11) is 0. The maximum absolute atomic E-state index is 13.7. The lowest BCUT2D eigenvalue weighted by Gasteiger charge is -2.26. The van der Waals surface area contributed by atoms with Crippen LogP contribution in [0.5, 0.6) is 0 Å². The Morgan fingerprint density at radius 3 is 1.89 bits per heavy atom. The third kappa shape index (κ3) is 4.70. The zero-order chi connectivity index (χ0) is 27.0. The fraction of sp³-hybridized carbons (Fsp3) is 0.194. The number of benzene rings is 4. The van der Waals surface area contributed by atoms with Crippen LogP contribution < -0.4 is 16.0 Å². The van der Waals surface area contributed by atoms with Crippen molar-refractivity contribution in [1.82, 2.24) is 5.32 Å². The zero-order valence-electron chi connectivity index (χ0n) is 21.5. The molecule has 0 saturated heterocycles. The van der Waals surface area contributed by atoms with E-state index in [1.54, 1.807) is 12.1 Å². The van der Waals surface area contributed by atoms with Crippen LogP contribution in [0.25, 0.3) is 10.8 Å². The topological polar surface area (TPSA) is 108 Å². The minimum atomic E-state index is -1.47. The number of carboxylic acid groups (broad SMARTS) is 1. The van der Waals surface area contributed by atoms with Crippen molar-refractivity contribution < 1.29 is 19.5 Å². The van der Waals surface area contributed by atoms with E-state index in [1.807, 2.05) is 81.4 Å². The molecule has 0 aromatic heterocycles. The first-order chi connectivity index (χ1) is 18.1. The van der Waals surface area contributed by atoms with Crippen LogP contribution in [-0.4, -0.2) is 28.6 Å². The number of aryl methyl sites for hydroxylation is 3. The Bertz CT molecular complexity index is 1560. The van der Waals surface area contributed by atoms with Gasteiger partial charge in [-0.15, -0.1) is 0 Å². The van der Waals surface area contributed by atoms with Crippen LogP contribution in [0.2, 0.25) is 0 Å². The van der Waals surface area contributed by atoms with Crippen molar-refractivity contribution in [3.8, 4) is 0 Å². The van der Waals surface area contributed by atoms with Gasteiger partial charge in [0.2, 0.25) is 0 Å². The molecule has 1 aliphatic carbocycles. The molecule has 0 saturated carbocycles. The highest BCUT2D eigenvalue weighted by atomic mass is 16.4. The molecular formula is C31H29N3O4. The van der Waals surface area contributed by atoms with Crippen molar-refractivity contribution in [3.05, 3.63) is 106 Å². The van der Waals surface area contributed by atoms with Gasteiger partial charge in [0.05, 0.1) is 11.3 Å². The van der Waals surface area contributed by atoms with E-state index in [1.165, 1.54) is 0 Å². The van der Waals surface area contributed by atoms with Crippen LogP contribution >= 0.6 is 0 Å². The SMILES string of the molecule is Cc1cc(C)c(NC(=O)Nc2cc3ccccc3cc2C(=O)NC2(C(=O)O)Cc3ccccc3C2)c(C)c1. The van der Waals surface area contributed by atoms with Gasteiger partial charge in [-0.25, -0.2) is 9.59 Å². The highest BCUT2D eigenvalue weighted by Gasteiger charge is 2.45. The van der Waals surface area contributed by atoms with Crippen molar-refractivity contribution in [2.24, 2.45) is 0 Å². The minimum Gasteiger partial charge on any atom is -0.479 e. The molecule has 7 heteroatoms. The predicted molar refractivity (Wildman–Crippen MR) is 149 cm³/mol. The Labute approximate surface area is 220 Å². The first-order valence-corrected chi connectivity index (χ1v) is 12.5. The summed E-state index contributed by atoms with van der Waals surface area (Å²) < 4.78 is 0. The van der Waals surface area contributed by atoms with Gasteiger partial charge in [0, 0.05) is 18.5 Å². The Kier molecular flexibility index (Phi) is 6.36. The second kappa shape index (κ2) is 9.67. The number of hydrogen-bond acceptors (Lipinski definition) is 3. The van der Waals surface area contributed by atoms with Gasteiger partial charge in [-0.2, -0.15) is 0 Å². The van der Waals surface area contributed by atoms with Gasteiger partial charge in [0.1, 0.15) is 5.54 Å². The fourth-order valence-corrected chi connectivity index (χ4v) is 5.37. The number of carboxylic acids is 1. The first kappa shape index (κ1) is 25.0. The summed E-state index contributed by atoms with van der Waals surface area (Å²) in [5.41, 5.74) is 4.46. The molecule has 4 N–H and O–H groups in total. The molecule has 38 heavy (non-hydrogen) atoms. The van der Waals surface area contributed by atoms with Crippen LogP contribution in [0, 0.1) is 20.8 Å². The molecule has 4 aromatic rings. The van der Waals surface area contributed by atoms with Crippen molar-refractivity contribution in [1.29, 1.82) is 0 Å². The molecule has 0 bridgehead atoms. The third-order valence-electron chi connectivity index (χ3n) is 7.16. The average Bonchev–Trinajstić information content (AvgIpc) is 3.25. The smallest absolute Gasteiger partial charge is 0.330 e. The molecule has 0 radical (unpaired) electrons. The van der Waals surface area contributed by atoms with Crippen molar-refractivity contribution >= 4 is 40.1 Å². The third-order valence-corrected chi connectivity index (χ3v) is 7.16. The Balaban J connectivity index is 1.47. The molecular weight excluding hydrogens is 478 g/mol. The molecule has 192 valence electrons. The molecule has 4 aromatic carbocycles. The Morgan fingerprint density at radius 1 is 0.763 bits per heavy atom. The summed E-state index contributed by atoms with van der Waals surface area (Å²) in [4.78, 5) is 39.2. The number of carbonyl (C=O) groups is 3. The first-order valence-electron chi connectivity index (χ1n) is 12.5. The molecule has 0 unspecified atom stereocenters. The second-order valence-corrected chi connectivity index (χ2v) is 10.1. The van der Waals surface area contributed by atoms with E-state index in [2.05, 4.69) is 16.0 Å². The van der Waals surface area contributed by atoms with Crippen molar-refractivity contribution in [2.75, 3.05) is 10.6 Å². The van der Waals surface area contributed by atoms with Crippen LogP contribution in [0.1, 0.15) is 38.2 Å². The summed E-state index contributed by atoms with van der Waals surface area (Å²) in [5.74, 6) is -1.66. The fourth-order valence-electron chi connectivity index (χ4n) is 5.37. The van der Waals surface area contributed by atoms with E-state index in [-0.39, 0.29) is 24.1 Å². The number of anilines is 2. The summed E-state index contributed by atoms with van der Waals surface area (Å²) in [6.07, 6.45) is 0.375. The monoisotopic (exact) mass is 507 g/mol. The molecule has 0 spiro atoms. The van der Waals surface area contributed by atoms with E-state index >= 15 is 0 Å². The predicted octanol–water partition coefficient (Wildman–Crippen LogP) is 5.76. The number of urea groups is 1. The number of amides is 3. The number of rotatable bonds is 5. The lowest BCUT2D eigenvalue weighted by Crippen LogP contribution is -2.55. The van der Waals surface area contributed by atoms with Gasteiger partial charge in [-0.3, -0.25) is 4.79 Å². The van der Waals surface area contributed by atoms with Crippen molar-refractivity contribution in [3.63, 3.8) is 0 Å². The van der Waals surface area contributed by atoms with Crippen LogP contribution in [0.3, 0.4) is 0 Å². The van der Waals surface area contributed by atoms with Crippen LogP contribution in [-0.2, 0) is 17.6 Å². The summed E-state index contributed by atoms with van der Waals surface area (Å²) >= 11 is 0. The number of nitrogens with one attached hydrogen (secondary N) is 3. The van der Waals surface area contributed by atoms with Gasteiger partial charge in [-0.1, -0.05) is 66.2 Å². The van der Waals surface area contributed by atoms with Crippen LogP contribution in [0.4, 0.5) is 16.2 Å². The van der Waals surface area contributed by atoms with Gasteiger partial charge < -0.3 is 21.1 Å². The maximum atomic E-state index is 13.7. The number of aliphatic carboxylic acids is 1. The van der Waals surface area contributed by atoms with E-state index in [0.717, 1.165) is 38.6 Å². The Morgan fingerprint density at radius 2 is 1.32 bits per heavy atom. The standard InChI is InChI=1S/C31H29N3O4/c1-18-12-19(2)27(20(3)13-18)33-30(38)32-26-15-22-9-5-4-8-21(22)14-25(26)28(35)34-31(29(36)37)16-23-10-6-7-11-24(23)17-31/h4-15H,16-17H2,1-3H3,(H,34,35)(H,36,37)(H2,32,33,38).